The minimum absolute atomic E-state index is 0.0291. The maximum absolute atomic E-state index is 12.6. The fourth-order valence-corrected chi connectivity index (χ4v) is 3.33. The highest BCUT2D eigenvalue weighted by Gasteiger charge is 2.17. The first-order valence-electron chi connectivity index (χ1n) is 8.24. The van der Waals surface area contributed by atoms with Crippen molar-refractivity contribution in [3.8, 4) is 0 Å². The van der Waals surface area contributed by atoms with E-state index in [1.54, 1.807) is 24.3 Å². The van der Waals surface area contributed by atoms with E-state index < -0.39 is 10.0 Å². The van der Waals surface area contributed by atoms with Crippen molar-refractivity contribution < 1.29 is 13.2 Å². The van der Waals surface area contributed by atoms with Crippen LogP contribution in [0.15, 0.2) is 47.4 Å². The van der Waals surface area contributed by atoms with Gasteiger partial charge in [0.05, 0.1) is 4.90 Å². The molecule has 1 atom stereocenters. The molecule has 0 radical (unpaired) electrons. The zero-order valence-electron chi connectivity index (χ0n) is 15.0. The molecule has 0 aliphatic rings. The second-order valence-corrected chi connectivity index (χ2v) is 7.90. The summed E-state index contributed by atoms with van der Waals surface area (Å²) in [5, 5.41) is 2.83. The molecule has 134 valence electrons. The Balaban J connectivity index is 2.26. The summed E-state index contributed by atoms with van der Waals surface area (Å²) in [6.07, 6.45) is 0.804. The van der Waals surface area contributed by atoms with Crippen LogP contribution in [0.4, 0.5) is 5.69 Å². The summed E-state index contributed by atoms with van der Waals surface area (Å²) in [5.74, 6) is -0.280. The highest BCUT2D eigenvalue weighted by molar-refractivity contribution is 7.92. The van der Waals surface area contributed by atoms with Crippen molar-refractivity contribution in [2.75, 3.05) is 4.72 Å². The number of carbonyl (C=O) groups excluding carboxylic acids is 1. The number of nitrogens with one attached hydrogen (secondary N) is 2. The molecule has 0 heterocycles. The molecule has 25 heavy (non-hydrogen) atoms. The fraction of sp³-hybridized carbons (Fsp3) is 0.316. The highest BCUT2D eigenvalue weighted by atomic mass is 32.2. The van der Waals surface area contributed by atoms with E-state index in [0.29, 0.717) is 11.3 Å². The molecule has 2 N–H and O–H groups in total. The molecule has 5 nitrogen and oxygen atoms in total. The van der Waals surface area contributed by atoms with E-state index in [1.807, 2.05) is 33.8 Å². The minimum Gasteiger partial charge on any atom is -0.350 e. The van der Waals surface area contributed by atoms with Gasteiger partial charge in [-0.3, -0.25) is 9.52 Å². The fourth-order valence-electron chi connectivity index (χ4n) is 2.23. The van der Waals surface area contributed by atoms with E-state index >= 15 is 0 Å². The van der Waals surface area contributed by atoms with Crippen LogP contribution in [0, 0.1) is 13.8 Å². The third-order valence-corrected chi connectivity index (χ3v) is 5.53. The number of hydrogen-bond donors (Lipinski definition) is 2. The Kier molecular flexibility index (Phi) is 5.85. The topological polar surface area (TPSA) is 75.3 Å². The Hall–Kier alpha value is -2.34. The molecule has 0 aliphatic carbocycles. The molecule has 2 aromatic carbocycles. The normalized spacial score (nSPS) is 12.5. The lowest BCUT2D eigenvalue weighted by molar-refractivity contribution is 0.0939. The van der Waals surface area contributed by atoms with Gasteiger partial charge in [-0.1, -0.05) is 19.1 Å². The summed E-state index contributed by atoms with van der Waals surface area (Å²) in [5.41, 5.74) is 2.91. The van der Waals surface area contributed by atoms with E-state index in [4.69, 9.17) is 0 Å². The smallest absolute Gasteiger partial charge is 0.261 e. The monoisotopic (exact) mass is 360 g/mol. The molecule has 0 saturated carbocycles. The van der Waals surface area contributed by atoms with Crippen molar-refractivity contribution in [3.63, 3.8) is 0 Å². The van der Waals surface area contributed by atoms with Crippen molar-refractivity contribution in [3.05, 3.63) is 59.2 Å². The molecular formula is C19H24N2O3S. The maximum Gasteiger partial charge on any atom is 0.261 e. The van der Waals surface area contributed by atoms with Crippen molar-refractivity contribution in [2.24, 2.45) is 0 Å². The maximum atomic E-state index is 12.6. The van der Waals surface area contributed by atoms with Crippen molar-refractivity contribution in [1.29, 1.82) is 0 Å². The first kappa shape index (κ1) is 19.0. The standard InChI is InChI=1S/C19H24N2O3S/c1-5-15(4)20-19(22)16-7-6-8-18(12-16)25(23,24)21-17-10-9-13(2)14(3)11-17/h6-12,15,21H,5H2,1-4H3,(H,20,22). The molecule has 0 fully saturated rings. The average molecular weight is 360 g/mol. The van der Waals surface area contributed by atoms with Crippen LogP contribution in [-0.2, 0) is 10.0 Å². The number of aryl methyl sites for hydroxylation is 2. The summed E-state index contributed by atoms with van der Waals surface area (Å²) in [6.45, 7) is 7.76. The Morgan fingerprint density at radius 3 is 2.44 bits per heavy atom. The molecule has 1 unspecified atom stereocenters. The number of amides is 1. The zero-order chi connectivity index (χ0) is 18.6. The van der Waals surface area contributed by atoms with Crippen molar-refractivity contribution in [1.82, 2.24) is 5.32 Å². The van der Waals surface area contributed by atoms with Gasteiger partial charge in [0, 0.05) is 17.3 Å². The Morgan fingerprint density at radius 1 is 1.08 bits per heavy atom. The van der Waals surface area contributed by atoms with Gasteiger partial charge in [0.15, 0.2) is 0 Å². The van der Waals surface area contributed by atoms with E-state index in [2.05, 4.69) is 10.0 Å². The minimum atomic E-state index is -3.76. The Labute approximate surface area is 149 Å². The number of rotatable bonds is 6. The lowest BCUT2D eigenvalue weighted by Gasteiger charge is -2.13. The molecule has 2 aromatic rings. The lowest BCUT2D eigenvalue weighted by Crippen LogP contribution is -2.32. The highest BCUT2D eigenvalue weighted by Crippen LogP contribution is 2.20. The van der Waals surface area contributed by atoms with Crippen molar-refractivity contribution >= 4 is 21.6 Å². The Bertz CT molecular complexity index is 876. The first-order valence-corrected chi connectivity index (χ1v) is 9.72. The quantitative estimate of drug-likeness (QED) is 0.826. The first-order chi connectivity index (χ1) is 11.7. The van der Waals surface area contributed by atoms with Gasteiger partial charge in [0.25, 0.3) is 15.9 Å². The van der Waals surface area contributed by atoms with Gasteiger partial charge in [0.1, 0.15) is 0 Å². The van der Waals surface area contributed by atoms with Gasteiger partial charge in [-0.2, -0.15) is 0 Å². The van der Waals surface area contributed by atoms with Crippen LogP contribution in [0.5, 0.6) is 0 Å². The summed E-state index contributed by atoms with van der Waals surface area (Å²) >= 11 is 0. The average Bonchev–Trinajstić information content (AvgIpc) is 2.58. The molecule has 0 saturated heterocycles. The lowest BCUT2D eigenvalue weighted by atomic mass is 10.1. The van der Waals surface area contributed by atoms with Crippen LogP contribution in [0.25, 0.3) is 0 Å². The summed E-state index contributed by atoms with van der Waals surface area (Å²) < 4.78 is 27.8. The zero-order valence-corrected chi connectivity index (χ0v) is 15.8. The molecule has 6 heteroatoms. The number of carbonyl (C=O) groups is 1. The van der Waals surface area contributed by atoms with Gasteiger partial charge >= 0.3 is 0 Å². The van der Waals surface area contributed by atoms with Crippen molar-refractivity contribution in [2.45, 2.75) is 45.1 Å². The van der Waals surface area contributed by atoms with Crippen LogP contribution in [0.1, 0.15) is 41.8 Å². The van der Waals surface area contributed by atoms with Crippen LogP contribution in [0.3, 0.4) is 0 Å². The molecule has 2 rings (SSSR count). The number of benzene rings is 2. The second-order valence-electron chi connectivity index (χ2n) is 6.22. The molecular weight excluding hydrogens is 336 g/mol. The number of hydrogen-bond acceptors (Lipinski definition) is 3. The summed E-state index contributed by atoms with van der Waals surface area (Å²) in [7, 11) is -3.76. The predicted octanol–water partition coefficient (Wildman–Crippen LogP) is 3.63. The summed E-state index contributed by atoms with van der Waals surface area (Å²) in [6, 6.07) is 11.4. The number of anilines is 1. The van der Waals surface area contributed by atoms with E-state index in [9.17, 15) is 13.2 Å². The van der Waals surface area contributed by atoms with Gasteiger partial charge in [0.2, 0.25) is 0 Å². The van der Waals surface area contributed by atoms with E-state index in [0.717, 1.165) is 17.5 Å². The van der Waals surface area contributed by atoms with Gasteiger partial charge in [-0.25, -0.2) is 8.42 Å². The van der Waals surface area contributed by atoms with E-state index in [1.165, 1.54) is 12.1 Å². The van der Waals surface area contributed by atoms with Crippen LogP contribution >= 0.6 is 0 Å². The predicted molar refractivity (Wildman–Crippen MR) is 100 cm³/mol. The largest absolute Gasteiger partial charge is 0.350 e. The SMILES string of the molecule is CCC(C)NC(=O)c1cccc(S(=O)(=O)Nc2ccc(C)c(C)c2)c1. The number of sulfonamides is 1. The summed E-state index contributed by atoms with van der Waals surface area (Å²) in [4.78, 5) is 12.3. The van der Waals surface area contributed by atoms with Gasteiger partial charge in [-0.15, -0.1) is 0 Å². The molecule has 0 bridgehead atoms. The Morgan fingerprint density at radius 2 is 1.80 bits per heavy atom. The van der Waals surface area contributed by atoms with Gasteiger partial charge < -0.3 is 5.32 Å². The second kappa shape index (κ2) is 7.70. The van der Waals surface area contributed by atoms with Crippen LogP contribution in [-0.4, -0.2) is 20.4 Å². The van der Waals surface area contributed by atoms with Crippen LogP contribution in [0.2, 0.25) is 0 Å². The van der Waals surface area contributed by atoms with Gasteiger partial charge in [-0.05, 0) is 68.7 Å². The third-order valence-electron chi connectivity index (χ3n) is 4.16. The molecule has 0 spiro atoms. The van der Waals surface area contributed by atoms with Crippen LogP contribution < -0.4 is 10.0 Å². The molecule has 0 aromatic heterocycles. The molecule has 1 amide bonds. The molecule has 0 aliphatic heterocycles. The van der Waals surface area contributed by atoms with E-state index in [-0.39, 0.29) is 16.8 Å². The third kappa shape index (κ3) is 4.82.